The van der Waals surface area contributed by atoms with Crippen molar-refractivity contribution in [1.29, 1.82) is 0 Å². The summed E-state index contributed by atoms with van der Waals surface area (Å²) in [5, 5.41) is 10.3. The van der Waals surface area contributed by atoms with Gasteiger partial charge >= 0.3 is 5.97 Å². The van der Waals surface area contributed by atoms with Crippen LogP contribution in [0, 0.1) is 0 Å². The Morgan fingerprint density at radius 2 is 2.08 bits per heavy atom. The summed E-state index contributed by atoms with van der Waals surface area (Å²) in [6.45, 7) is 2.17. The van der Waals surface area contributed by atoms with Crippen LogP contribution in [0.15, 0.2) is 27.5 Å². The molecule has 0 saturated heterocycles. The fourth-order valence-corrected chi connectivity index (χ4v) is 4.52. The number of unbranched alkanes of at least 4 members (excludes halogenated alkanes) is 3. The number of hydrogen-bond donors (Lipinski definition) is 1. The lowest BCUT2D eigenvalue weighted by molar-refractivity contribution is -0.136. The van der Waals surface area contributed by atoms with Crippen LogP contribution in [0.25, 0.3) is 11.0 Å². The van der Waals surface area contributed by atoms with Gasteiger partial charge in [-0.1, -0.05) is 32.6 Å². The number of carboxylic acids is 1. The monoisotopic (exact) mass is 346 g/mol. The van der Waals surface area contributed by atoms with Crippen LogP contribution in [-0.2, 0) is 17.6 Å². The minimum atomic E-state index is -0.703. The smallest absolute Gasteiger partial charge is 0.316 e. The molecular weight excluding hydrogens is 320 g/mol. The molecule has 0 fully saturated rings. The van der Waals surface area contributed by atoms with E-state index in [0.29, 0.717) is 0 Å². The molecule has 4 heteroatoms. The Hall–Kier alpha value is -1.42. The van der Waals surface area contributed by atoms with Gasteiger partial charge in [0.1, 0.15) is 16.6 Å². The molecule has 0 spiro atoms. The van der Waals surface area contributed by atoms with Crippen molar-refractivity contribution in [3.8, 4) is 0 Å². The van der Waals surface area contributed by atoms with Gasteiger partial charge in [0.05, 0.1) is 0 Å². The van der Waals surface area contributed by atoms with E-state index in [0.717, 1.165) is 48.3 Å². The summed E-state index contributed by atoms with van der Waals surface area (Å²) in [4.78, 5) is 12.6. The molecular formula is C20H26O3S. The molecule has 0 radical (unpaired) electrons. The van der Waals surface area contributed by atoms with E-state index in [1.165, 1.54) is 48.4 Å². The molecule has 1 aromatic heterocycles. The summed E-state index contributed by atoms with van der Waals surface area (Å²) in [7, 11) is 0. The zero-order valence-electron chi connectivity index (χ0n) is 14.3. The standard InChI is InChI=1S/C20H26O3S/c1-2-3-4-5-10-19(20(21)22)24-14-11-12-18-16(13-14)15-8-6-7-9-17(15)23-18/h11-13,19H,2-10H2,1H3,(H,21,22). The lowest BCUT2D eigenvalue weighted by Gasteiger charge is -2.12. The average molecular weight is 346 g/mol. The fourth-order valence-electron chi connectivity index (χ4n) is 3.47. The van der Waals surface area contributed by atoms with Gasteiger partial charge in [-0.3, -0.25) is 4.79 Å². The normalized spacial score (nSPS) is 15.4. The largest absolute Gasteiger partial charge is 0.480 e. The van der Waals surface area contributed by atoms with Crippen molar-refractivity contribution in [1.82, 2.24) is 0 Å². The molecule has 3 rings (SSSR count). The maximum absolute atomic E-state index is 11.6. The van der Waals surface area contributed by atoms with Gasteiger partial charge in [0, 0.05) is 22.3 Å². The number of benzene rings is 1. The molecule has 130 valence electrons. The van der Waals surface area contributed by atoms with Crippen LogP contribution in [0.5, 0.6) is 0 Å². The van der Waals surface area contributed by atoms with Crippen molar-refractivity contribution in [2.24, 2.45) is 0 Å². The summed E-state index contributed by atoms with van der Waals surface area (Å²) in [6, 6.07) is 6.14. The molecule has 1 aromatic carbocycles. The van der Waals surface area contributed by atoms with Crippen molar-refractivity contribution in [2.45, 2.75) is 74.9 Å². The van der Waals surface area contributed by atoms with Gasteiger partial charge in [0.15, 0.2) is 0 Å². The maximum atomic E-state index is 11.6. The van der Waals surface area contributed by atoms with Gasteiger partial charge in [-0.25, -0.2) is 0 Å². The van der Waals surface area contributed by atoms with Crippen LogP contribution in [0.3, 0.4) is 0 Å². The Balaban J connectivity index is 1.74. The predicted molar refractivity (Wildman–Crippen MR) is 98.9 cm³/mol. The molecule has 1 aliphatic carbocycles. The zero-order chi connectivity index (χ0) is 16.9. The van der Waals surface area contributed by atoms with E-state index in [-0.39, 0.29) is 5.25 Å². The highest BCUT2D eigenvalue weighted by molar-refractivity contribution is 8.00. The number of thioether (sulfide) groups is 1. The molecule has 1 aliphatic rings. The first kappa shape index (κ1) is 17.4. The number of aryl methyl sites for hydroxylation is 2. The first-order valence-electron chi connectivity index (χ1n) is 9.12. The summed E-state index contributed by atoms with van der Waals surface area (Å²) >= 11 is 1.48. The summed E-state index contributed by atoms with van der Waals surface area (Å²) in [5.41, 5.74) is 2.29. The van der Waals surface area contributed by atoms with Gasteiger partial charge in [-0.15, -0.1) is 11.8 Å². The topological polar surface area (TPSA) is 50.4 Å². The zero-order valence-corrected chi connectivity index (χ0v) is 15.2. The van der Waals surface area contributed by atoms with Gasteiger partial charge < -0.3 is 9.52 Å². The third-order valence-electron chi connectivity index (χ3n) is 4.80. The van der Waals surface area contributed by atoms with Crippen molar-refractivity contribution in [2.75, 3.05) is 0 Å². The molecule has 24 heavy (non-hydrogen) atoms. The number of fused-ring (bicyclic) bond motifs is 3. The average Bonchev–Trinajstić information content (AvgIpc) is 2.95. The molecule has 0 amide bonds. The van der Waals surface area contributed by atoms with E-state index in [2.05, 4.69) is 13.0 Å². The number of aliphatic carboxylic acids is 1. The molecule has 1 N–H and O–H groups in total. The first-order chi connectivity index (χ1) is 11.7. The first-order valence-corrected chi connectivity index (χ1v) is 10.0. The number of rotatable bonds is 8. The molecule has 3 nitrogen and oxygen atoms in total. The van der Waals surface area contributed by atoms with Crippen LogP contribution in [0.1, 0.15) is 63.2 Å². The van der Waals surface area contributed by atoms with Crippen LogP contribution >= 0.6 is 11.8 Å². The summed E-state index contributed by atoms with van der Waals surface area (Å²) in [6.07, 6.45) is 9.73. The Bertz CT molecular complexity index is 704. The molecule has 0 saturated carbocycles. The fraction of sp³-hybridized carbons (Fsp3) is 0.550. The lowest BCUT2D eigenvalue weighted by atomic mass is 9.96. The van der Waals surface area contributed by atoms with Gasteiger partial charge in [-0.05, 0) is 43.9 Å². The Morgan fingerprint density at radius 3 is 2.88 bits per heavy atom. The SMILES string of the molecule is CCCCCCC(Sc1ccc2oc3c(c2c1)CCCC3)C(=O)O. The third kappa shape index (κ3) is 3.97. The van der Waals surface area contributed by atoms with Gasteiger partial charge in [0.2, 0.25) is 0 Å². The van der Waals surface area contributed by atoms with E-state index in [9.17, 15) is 9.90 Å². The second kappa shape index (κ2) is 8.11. The summed E-state index contributed by atoms with van der Waals surface area (Å²) in [5.74, 6) is 0.429. The van der Waals surface area contributed by atoms with E-state index in [1.807, 2.05) is 12.1 Å². The number of furan rings is 1. The maximum Gasteiger partial charge on any atom is 0.316 e. The number of carboxylic acid groups (broad SMARTS) is 1. The molecule has 0 aliphatic heterocycles. The number of carbonyl (C=O) groups is 1. The second-order valence-corrected chi connectivity index (χ2v) is 7.94. The molecule has 0 bridgehead atoms. The minimum Gasteiger partial charge on any atom is -0.480 e. The number of hydrogen-bond acceptors (Lipinski definition) is 3. The van der Waals surface area contributed by atoms with Gasteiger partial charge in [0.25, 0.3) is 0 Å². The van der Waals surface area contributed by atoms with Crippen molar-refractivity contribution < 1.29 is 14.3 Å². The van der Waals surface area contributed by atoms with Crippen molar-refractivity contribution in [3.05, 3.63) is 29.5 Å². The van der Waals surface area contributed by atoms with Gasteiger partial charge in [-0.2, -0.15) is 0 Å². The molecule has 1 heterocycles. The van der Waals surface area contributed by atoms with E-state index in [1.54, 1.807) is 0 Å². The summed E-state index contributed by atoms with van der Waals surface area (Å²) < 4.78 is 5.96. The highest BCUT2D eigenvalue weighted by atomic mass is 32.2. The Labute approximate surface area is 147 Å². The highest BCUT2D eigenvalue weighted by Crippen LogP contribution is 2.36. The predicted octanol–water partition coefficient (Wildman–Crippen LogP) is 5.83. The quantitative estimate of drug-likeness (QED) is 0.483. The highest BCUT2D eigenvalue weighted by Gasteiger charge is 2.21. The van der Waals surface area contributed by atoms with Crippen LogP contribution in [-0.4, -0.2) is 16.3 Å². The molecule has 1 unspecified atom stereocenters. The molecule has 2 aromatic rings. The molecule has 1 atom stereocenters. The lowest BCUT2D eigenvalue weighted by Crippen LogP contribution is -2.16. The Kier molecular flexibility index (Phi) is 5.88. The van der Waals surface area contributed by atoms with Crippen molar-refractivity contribution in [3.63, 3.8) is 0 Å². The van der Waals surface area contributed by atoms with Crippen molar-refractivity contribution >= 4 is 28.7 Å². The Morgan fingerprint density at radius 1 is 1.25 bits per heavy atom. The van der Waals surface area contributed by atoms with E-state index < -0.39 is 5.97 Å². The van der Waals surface area contributed by atoms with Crippen LogP contribution in [0.2, 0.25) is 0 Å². The van der Waals surface area contributed by atoms with Crippen LogP contribution < -0.4 is 0 Å². The third-order valence-corrected chi connectivity index (χ3v) is 6.05. The van der Waals surface area contributed by atoms with E-state index in [4.69, 9.17) is 4.42 Å². The van der Waals surface area contributed by atoms with E-state index >= 15 is 0 Å². The second-order valence-electron chi connectivity index (χ2n) is 6.66. The minimum absolute atomic E-state index is 0.359. The van der Waals surface area contributed by atoms with Crippen LogP contribution in [0.4, 0.5) is 0 Å².